The summed E-state index contributed by atoms with van der Waals surface area (Å²) < 4.78 is 5.19. The Morgan fingerprint density at radius 3 is 2.62 bits per heavy atom. The lowest BCUT2D eigenvalue weighted by atomic mass is 10.1. The summed E-state index contributed by atoms with van der Waals surface area (Å²) in [6.45, 7) is 5.76. The second-order valence-corrected chi connectivity index (χ2v) is 8.16. The van der Waals surface area contributed by atoms with Crippen LogP contribution in [0.25, 0.3) is 6.08 Å². The van der Waals surface area contributed by atoms with E-state index < -0.39 is 18.2 Å². The summed E-state index contributed by atoms with van der Waals surface area (Å²) in [5, 5.41) is 17.3. The van der Waals surface area contributed by atoms with E-state index in [4.69, 9.17) is 16.3 Å². The van der Waals surface area contributed by atoms with Crippen LogP contribution < -0.4 is 10.6 Å². The summed E-state index contributed by atoms with van der Waals surface area (Å²) in [6, 6.07) is 14.2. The van der Waals surface area contributed by atoms with Crippen LogP contribution in [0.15, 0.2) is 60.8 Å². The summed E-state index contributed by atoms with van der Waals surface area (Å²) in [6.07, 6.45) is 4.71. The monoisotopic (exact) mass is 480 g/mol. The number of esters is 1. The number of benzene rings is 2. The van der Waals surface area contributed by atoms with E-state index in [-0.39, 0.29) is 6.61 Å². The van der Waals surface area contributed by atoms with Gasteiger partial charge in [-0.3, -0.25) is 10.1 Å². The highest BCUT2D eigenvalue weighted by molar-refractivity contribution is 6.31. The molecule has 0 saturated heterocycles. The van der Waals surface area contributed by atoms with Crippen molar-refractivity contribution in [1.82, 2.24) is 15.3 Å². The predicted molar refractivity (Wildman–Crippen MR) is 135 cm³/mol. The van der Waals surface area contributed by atoms with Gasteiger partial charge in [-0.1, -0.05) is 48.0 Å². The number of aromatic nitrogens is 2. The normalized spacial score (nSPS) is 13.0. The zero-order valence-corrected chi connectivity index (χ0v) is 20.2. The maximum atomic E-state index is 12.5. The first kappa shape index (κ1) is 25.4. The number of rotatable bonds is 10. The number of aliphatic hydroxyl groups excluding tert-OH is 1. The fourth-order valence-corrected chi connectivity index (χ4v) is 3.72. The SMILES string of the molecule is CCOC(=O)C(C/C=C/c1ccc(Nc2nccc(C)n2)cc1)NC(O)c1c(C)cccc1Cl. The number of hydrogen-bond donors (Lipinski definition) is 3. The number of aryl methyl sites for hydroxylation is 2. The Morgan fingerprint density at radius 1 is 1.18 bits per heavy atom. The van der Waals surface area contributed by atoms with Gasteiger partial charge >= 0.3 is 5.97 Å². The maximum absolute atomic E-state index is 12.5. The lowest BCUT2D eigenvalue weighted by Gasteiger charge is -2.22. The smallest absolute Gasteiger partial charge is 0.323 e. The van der Waals surface area contributed by atoms with Crippen molar-refractivity contribution in [3.8, 4) is 0 Å². The molecule has 0 saturated carbocycles. The number of carbonyl (C=O) groups excluding carboxylic acids is 1. The minimum atomic E-state index is -1.11. The Hall–Kier alpha value is -3.26. The minimum absolute atomic E-state index is 0.251. The van der Waals surface area contributed by atoms with Crippen molar-refractivity contribution in [2.75, 3.05) is 11.9 Å². The first-order valence-corrected chi connectivity index (χ1v) is 11.4. The molecule has 178 valence electrons. The third-order valence-corrected chi connectivity index (χ3v) is 5.45. The van der Waals surface area contributed by atoms with Gasteiger partial charge in [-0.25, -0.2) is 9.97 Å². The summed E-state index contributed by atoms with van der Waals surface area (Å²) >= 11 is 6.26. The molecule has 0 radical (unpaired) electrons. The van der Waals surface area contributed by atoms with Crippen LogP contribution in [0.3, 0.4) is 0 Å². The Morgan fingerprint density at radius 2 is 1.94 bits per heavy atom. The number of nitrogens with one attached hydrogen (secondary N) is 2. The third-order valence-electron chi connectivity index (χ3n) is 5.12. The number of anilines is 2. The molecule has 1 aromatic heterocycles. The van der Waals surface area contributed by atoms with Crippen LogP contribution in [0.4, 0.5) is 11.6 Å². The summed E-state index contributed by atoms with van der Waals surface area (Å²) in [5.41, 5.74) is 4.09. The van der Waals surface area contributed by atoms with Crippen molar-refractivity contribution >= 4 is 35.3 Å². The van der Waals surface area contributed by atoms with Crippen molar-refractivity contribution in [2.24, 2.45) is 0 Å². The molecule has 3 rings (SSSR count). The second kappa shape index (κ2) is 12.3. The lowest BCUT2D eigenvalue weighted by molar-refractivity contribution is -0.146. The van der Waals surface area contributed by atoms with E-state index in [1.54, 1.807) is 19.2 Å². The zero-order chi connectivity index (χ0) is 24.5. The van der Waals surface area contributed by atoms with E-state index in [0.29, 0.717) is 23.0 Å². The van der Waals surface area contributed by atoms with E-state index in [2.05, 4.69) is 20.6 Å². The Balaban J connectivity index is 1.65. The van der Waals surface area contributed by atoms with Gasteiger partial charge in [-0.2, -0.15) is 0 Å². The first-order valence-electron chi connectivity index (χ1n) is 11.1. The van der Waals surface area contributed by atoms with Crippen molar-refractivity contribution < 1.29 is 14.6 Å². The molecule has 0 aliphatic heterocycles. The second-order valence-electron chi connectivity index (χ2n) is 7.75. The molecule has 7 nitrogen and oxygen atoms in total. The van der Waals surface area contributed by atoms with E-state index in [9.17, 15) is 9.90 Å². The number of hydrogen-bond acceptors (Lipinski definition) is 7. The molecule has 2 atom stereocenters. The van der Waals surface area contributed by atoms with E-state index in [0.717, 1.165) is 22.5 Å². The molecule has 34 heavy (non-hydrogen) atoms. The summed E-state index contributed by atoms with van der Waals surface area (Å²) in [7, 11) is 0. The predicted octanol–water partition coefficient (Wildman–Crippen LogP) is 5.11. The highest BCUT2D eigenvalue weighted by Crippen LogP contribution is 2.25. The van der Waals surface area contributed by atoms with Crippen LogP contribution in [-0.2, 0) is 9.53 Å². The van der Waals surface area contributed by atoms with Crippen LogP contribution in [0.5, 0.6) is 0 Å². The van der Waals surface area contributed by atoms with Gasteiger partial charge in [0.15, 0.2) is 0 Å². The number of ether oxygens (including phenoxy) is 1. The molecule has 0 aliphatic carbocycles. The molecule has 8 heteroatoms. The van der Waals surface area contributed by atoms with Gasteiger partial charge in [0, 0.05) is 28.2 Å². The van der Waals surface area contributed by atoms with Gasteiger partial charge in [0.1, 0.15) is 12.3 Å². The number of aliphatic hydroxyl groups is 1. The molecule has 3 aromatic rings. The topological polar surface area (TPSA) is 96.4 Å². The van der Waals surface area contributed by atoms with Crippen LogP contribution in [0.1, 0.15) is 42.0 Å². The molecule has 0 spiro atoms. The number of halogens is 1. The molecule has 2 aromatic carbocycles. The number of carbonyl (C=O) groups is 1. The van der Waals surface area contributed by atoms with Crippen molar-refractivity contribution in [2.45, 2.75) is 39.5 Å². The molecule has 0 amide bonds. The molecular formula is C26H29ClN4O3. The summed E-state index contributed by atoms with van der Waals surface area (Å²) in [5.74, 6) is 0.104. The Bertz CT molecular complexity index is 1110. The van der Waals surface area contributed by atoms with Crippen LogP contribution in [0, 0.1) is 13.8 Å². The summed E-state index contributed by atoms with van der Waals surface area (Å²) in [4.78, 5) is 21.0. The van der Waals surface area contributed by atoms with Crippen LogP contribution in [-0.4, -0.2) is 33.7 Å². The fraction of sp³-hybridized carbons (Fsp3) is 0.269. The average Bonchev–Trinajstić information content (AvgIpc) is 2.79. The zero-order valence-electron chi connectivity index (χ0n) is 19.5. The Labute approximate surface area is 204 Å². The van der Waals surface area contributed by atoms with Gasteiger partial charge in [0.05, 0.1) is 6.61 Å². The first-order chi connectivity index (χ1) is 16.4. The molecular weight excluding hydrogens is 452 g/mol. The van der Waals surface area contributed by atoms with Crippen molar-refractivity contribution in [3.63, 3.8) is 0 Å². The van der Waals surface area contributed by atoms with Crippen molar-refractivity contribution in [3.05, 3.63) is 88.2 Å². The van der Waals surface area contributed by atoms with Gasteiger partial charge in [0.2, 0.25) is 5.95 Å². The average molecular weight is 481 g/mol. The lowest BCUT2D eigenvalue weighted by Crippen LogP contribution is -2.40. The molecule has 0 aliphatic rings. The number of nitrogens with zero attached hydrogens (tertiary/aromatic N) is 2. The molecule has 0 bridgehead atoms. The highest BCUT2D eigenvalue weighted by Gasteiger charge is 2.24. The Kier molecular flexibility index (Phi) is 9.16. The quantitative estimate of drug-likeness (QED) is 0.274. The highest BCUT2D eigenvalue weighted by atomic mass is 35.5. The standard InChI is InChI=1S/C26H29ClN4O3/c1-4-34-25(33)22(31-24(32)23-17(2)7-5-9-21(23)27)10-6-8-19-11-13-20(14-12-19)30-26-28-16-15-18(3)29-26/h5-9,11-16,22,24,31-32H,4,10H2,1-3H3,(H,28,29,30)/b8-6+. The largest absolute Gasteiger partial charge is 0.465 e. The van der Waals surface area contributed by atoms with E-state index in [1.165, 1.54) is 0 Å². The maximum Gasteiger partial charge on any atom is 0.323 e. The van der Waals surface area contributed by atoms with Crippen LogP contribution in [0.2, 0.25) is 5.02 Å². The molecule has 0 fully saturated rings. The minimum Gasteiger partial charge on any atom is -0.465 e. The molecule has 3 N–H and O–H groups in total. The fourth-order valence-electron chi connectivity index (χ4n) is 3.40. The van der Waals surface area contributed by atoms with Gasteiger partial charge in [-0.15, -0.1) is 0 Å². The molecule has 2 unspecified atom stereocenters. The van der Waals surface area contributed by atoms with Crippen molar-refractivity contribution in [1.29, 1.82) is 0 Å². The third kappa shape index (κ3) is 7.12. The molecule has 1 heterocycles. The van der Waals surface area contributed by atoms with Gasteiger partial charge < -0.3 is 15.2 Å². The van der Waals surface area contributed by atoms with E-state index >= 15 is 0 Å². The van der Waals surface area contributed by atoms with Gasteiger partial charge in [0.25, 0.3) is 0 Å². The van der Waals surface area contributed by atoms with Crippen LogP contribution >= 0.6 is 11.6 Å². The van der Waals surface area contributed by atoms with Gasteiger partial charge in [-0.05, 0) is 62.6 Å². The van der Waals surface area contributed by atoms with E-state index in [1.807, 2.05) is 68.5 Å².